The van der Waals surface area contributed by atoms with Crippen molar-refractivity contribution in [2.45, 2.75) is 6.43 Å². The van der Waals surface area contributed by atoms with E-state index in [9.17, 15) is 8.78 Å². The van der Waals surface area contributed by atoms with Gasteiger partial charge in [0.2, 0.25) is 0 Å². The molecule has 0 aliphatic heterocycles. The first kappa shape index (κ1) is 9.19. The second-order valence-corrected chi connectivity index (χ2v) is 2.44. The minimum absolute atomic E-state index is 0.0334. The molecule has 1 aromatic rings. The van der Waals surface area contributed by atoms with E-state index in [0.29, 0.717) is 0 Å². The highest BCUT2D eigenvalue weighted by atomic mass is 35.5. The van der Waals surface area contributed by atoms with Gasteiger partial charge in [-0.05, 0) is 6.07 Å². The number of rotatable bonds is 2. The highest BCUT2D eigenvalue weighted by molar-refractivity contribution is 6.29. The van der Waals surface area contributed by atoms with Crippen molar-refractivity contribution in [3.05, 3.63) is 23.0 Å². The highest BCUT2D eigenvalue weighted by Gasteiger charge is 2.14. The normalized spacial score (nSPS) is 10.4. The molecule has 0 spiro atoms. The molecule has 0 atom stereocenters. The molecule has 0 bridgehead atoms. The lowest BCUT2D eigenvalue weighted by Crippen LogP contribution is -1.93. The fourth-order valence-corrected chi connectivity index (χ4v) is 0.939. The van der Waals surface area contributed by atoms with Gasteiger partial charge in [-0.2, -0.15) is 0 Å². The SMILES string of the molecule is COc1cnc(Cl)cc1C(F)F. The Balaban J connectivity index is 3.12. The summed E-state index contributed by atoms with van der Waals surface area (Å²) >= 11 is 5.42. The van der Waals surface area contributed by atoms with Crippen LogP contribution in [0.1, 0.15) is 12.0 Å². The van der Waals surface area contributed by atoms with Gasteiger partial charge in [-0.1, -0.05) is 11.6 Å². The van der Waals surface area contributed by atoms with Gasteiger partial charge in [0.25, 0.3) is 6.43 Å². The molecule has 0 amide bonds. The van der Waals surface area contributed by atoms with E-state index in [-0.39, 0.29) is 16.5 Å². The van der Waals surface area contributed by atoms with Crippen LogP contribution >= 0.6 is 11.6 Å². The number of aromatic nitrogens is 1. The highest BCUT2D eigenvalue weighted by Crippen LogP contribution is 2.29. The molecule has 0 fully saturated rings. The van der Waals surface area contributed by atoms with Gasteiger partial charge in [0, 0.05) is 0 Å². The van der Waals surface area contributed by atoms with Crippen LogP contribution in [-0.2, 0) is 0 Å². The minimum atomic E-state index is -2.60. The van der Waals surface area contributed by atoms with Crippen molar-refractivity contribution in [3.8, 4) is 5.75 Å². The third-order valence-corrected chi connectivity index (χ3v) is 1.53. The monoisotopic (exact) mass is 193 g/mol. The Morgan fingerprint density at radius 3 is 2.75 bits per heavy atom. The predicted molar refractivity (Wildman–Crippen MR) is 40.8 cm³/mol. The maximum atomic E-state index is 12.2. The van der Waals surface area contributed by atoms with E-state index >= 15 is 0 Å². The third-order valence-electron chi connectivity index (χ3n) is 1.32. The molecule has 0 N–H and O–H groups in total. The van der Waals surface area contributed by atoms with E-state index in [1.54, 1.807) is 0 Å². The molecule has 2 nitrogen and oxygen atoms in total. The van der Waals surface area contributed by atoms with Crippen LogP contribution in [0.3, 0.4) is 0 Å². The standard InChI is InChI=1S/C7H6ClF2NO/c1-12-5-3-11-6(8)2-4(5)7(9)10/h2-3,7H,1H3. The van der Waals surface area contributed by atoms with Gasteiger partial charge >= 0.3 is 0 Å². The molecule has 0 saturated carbocycles. The summed E-state index contributed by atoms with van der Waals surface area (Å²) in [6, 6.07) is 1.09. The quantitative estimate of drug-likeness (QED) is 0.674. The lowest BCUT2D eigenvalue weighted by molar-refractivity contribution is 0.147. The van der Waals surface area contributed by atoms with E-state index < -0.39 is 6.43 Å². The summed E-state index contributed by atoms with van der Waals surface area (Å²) in [5, 5.41) is 0.0334. The maximum Gasteiger partial charge on any atom is 0.267 e. The largest absolute Gasteiger partial charge is 0.495 e. The van der Waals surface area contributed by atoms with E-state index in [1.807, 2.05) is 0 Å². The van der Waals surface area contributed by atoms with Gasteiger partial charge in [-0.15, -0.1) is 0 Å². The summed E-state index contributed by atoms with van der Waals surface area (Å²) in [6.45, 7) is 0. The van der Waals surface area contributed by atoms with Crippen molar-refractivity contribution in [2.75, 3.05) is 7.11 Å². The minimum Gasteiger partial charge on any atom is -0.495 e. The zero-order valence-electron chi connectivity index (χ0n) is 6.22. The molecule has 0 aliphatic rings. The van der Waals surface area contributed by atoms with Crippen molar-refractivity contribution >= 4 is 11.6 Å². The molecule has 0 radical (unpaired) electrons. The van der Waals surface area contributed by atoms with Gasteiger partial charge < -0.3 is 4.74 Å². The topological polar surface area (TPSA) is 22.1 Å². The van der Waals surface area contributed by atoms with Crippen molar-refractivity contribution in [2.24, 2.45) is 0 Å². The number of hydrogen-bond donors (Lipinski definition) is 0. The van der Waals surface area contributed by atoms with Crippen LogP contribution in [0.25, 0.3) is 0 Å². The third kappa shape index (κ3) is 1.82. The van der Waals surface area contributed by atoms with Crippen LogP contribution in [0, 0.1) is 0 Å². The van der Waals surface area contributed by atoms with E-state index in [0.717, 1.165) is 6.07 Å². The Hall–Kier alpha value is -0.900. The first-order valence-electron chi connectivity index (χ1n) is 3.12. The number of ether oxygens (including phenoxy) is 1. The molecule has 0 saturated heterocycles. The lowest BCUT2D eigenvalue weighted by Gasteiger charge is -2.06. The molecule has 66 valence electrons. The summed E-state index contributed by atoms with van der Waals surface area (Å²) in [5.74, 6) is 0.0504. The molecule has 1 rings (SSSR count). The Morgan fingerprint density at radius 2 is 2.25 bits per heavy atom. The molecule has 1 heterocycles. The van der Waals surface area contributed by atoms with Crippen LogP contribution < -0.4 is 4.74 Å². The molecule has 0 aromatic carbocycles. The number of nitrogens with zero attached hydrogens (tertiary/aromatic N) is 1. The number of pyridine rings is 1. The van der Waals surface area contributed by atoms with Crippen molar-refractivity contribution in [3.63, 3.8) is 0 Å². The first-order valence-corrected chi connectivity index (χ1v) is 3.50. The maximum absolute atomic E-state index is 12.2. The van der Waals surface area contributed by atoms with Gasteiger partial charge in [-0.3, -0.25) is 0 Å². The van der Waals surface area contributed by atoms with Crippen molar-refractivity contribution < 1.29 is 13.5 Å². The van der Waals surface area contributed by atoms with Crippen molar-refractivity contribution in [1.82, 2.24) is 4.98 Å². The molecule has 0 unspecified atom stereocenters. The summed E-state index contributed by atoms with van der Waals surface area (Å²) in [5.41, 5.74) is -0.238. The zero-order valence-corrected chi connectivity index (χ0v) is 6.98. The van der Waals surface area contributed by atoms with Gasteiger partial charge in [-0.25, -0.2) is 13.8 Å². The lowest BCUT2D eigenvalue weighted by atomic mass is 10.2. The van der Waals surface area contributed by atoms with Crippen LogP contribution in [0.15, 0.2) is 12.3 Å². The summed E-state index contributed by atoms with van der Waals surface area (Å²) in [6.07, 6.45) is -1.43. The molecule has 0 aliphatic carbocycles. The molecular formula is C7H6ClF2NO. The summed E-state index contributed by atoms with van der Waals surface area (Å²) in [7, 11) is 1.30. The Morgan fingerprint density at radius 1 is 1.58 bits per heavy atom. The smallest absolute Gasteiger partial charge is 0.267 e. The number of halogens is 3. The van der Waals surface area contributed by atoms with Crippen LogP contribution in [0.4, 0.5) is 8.78 Å². The van der Waals surface area contributed by atoms with Gasteiger partial charge in [0.15, 0.2) is 0 Å². The first-order chi connectivity index (χ1) is 5.65. The Labute approximate surface area is 73.1 Å². The Kier molecular flexibility index (Phi) is 2.81. The second kappa shape index (κ2) is 3.67. The van der Waals surface area contributed by atoms with E-state index in [2.05, 4.69) is 9.72 Å². The number of hydrogen-bond acceptors (Lipinski definition) is 2. The fraction of sp³-hybridized carbons (Fsp3) is 0.286. The molecule has 12 heavy (non-hydrogen) atoms. The van der Waals surface area contributed by atoms with Crippen molar-refractivity contribution in [1.29, 1.82) is 0 Å². The van der Waals surface area contributed by atoms with Gasteiger partial charge in [0.05, 0.1) is 18.9 Å². The summed E-state index contributed by atoms with van der Waals surface area (Å²) < 4.78 is 29.1. The molecular weight excluding hydrogens is 188 g/mol. The van der Waals surface area contributed by atoms with E-state index in [4.69, 9.17) is 11.6 Å². The van der Waals surface area contributed by atoms with Gasteiger partial charge in [0.1, 0.15) is 10.9 Å². The van der Waals surface area contributed by atoms with Crippen LogP contribution in [-0.4, -0.2) is 12.1 Å². The predicted octanol–water partition coefficient (Wildman–Crippen LogP) is 2.68. The zero-order chi connectivity index (χ0) is 9.14. The Bertz CT molecular complexity index is 280. The van der Waals surface area contributed by atoms with E-state index in [1.165, 1.54) is 13.3 Å². The fourth-order valence-electron chi connectivity index (χ4n) is 0.773. The van der Waals surface area contributed by atoms with Crippen LogP contribution in [0.2, 0.25) is 5.15 Å². The van der Waals surface area contributed by atoms with Crippen LogP contribution in [0.5, 0.6) is 5.75 Å². The second-order valence-electron chi connectivity index (χ2n) is 2.05. The average Bonchev–Trinajstić information content (AvgIpc) is 2.04. The molecule has 5 heteroatoms. The summed E-state index contributed by atoms with van der Waals surface area (Å²) in [4.78, 5) is 3.60. The molecule has 1 aromatic heterocycles. The number of alkyl halides is 2. The average molecular weight is 194 g/mol. The number of methoxy groups -OCH3 is 1.